The van der Waals surface area contributed by atoms with E-state index in [2.05, 4.69) is 0 Å². The average Bonchev–Trinajstić information content (AvgIpc) is 2.35. The lowest BCUT2D eigenvalue weighted by Gasteiger charge is -2.04. The molecule has 6 heteroatoms. The van der Waals surface area contributed by atoms with Gasteiger partial charge >= 0.3 is 0 Å². The maximum atomic E-state index is 5.95. The van der Waals surface area contributed by atoms with Crippen LogP contribution < -0.4 is 0 Å². The van der Waals surface area contributed by atoms with E-state index in [4.69, 9.17) is 46.4 Å². The molecule has 0 atom stereocenters. The first-order valence-electron chi connectivity index (χ1n) is 4.81. The molecular formula is C12H6Cl4S2. The zero-order chi connectivity index (χ0) is 13.1. The van der Waals surface area contributed by atoms with Crippen molar-refractivity contribution < 1.29 is 0 Å². The minimum absolute atomic E-state index is 0.552. The van der Waals surface area contributed by atoms with E-state index in [-0.39, 0.29) is 0 Å². The zero-order valence-corrected chi connectivity index (χ0v) is 13.4. The SMILES string of the molecule is Clc1ccc(SSc2ccc(Cl)c(Cl)c2)cc1Cl. The smallest absolute Gasteiger partial charge is 0.0603 e. The van der Waals surface area contributed by atoms with Crippen LogP contribution in [0.4, 0.5) is 0 Å². The summed E-state index contributed by atoms with van der Waals surface area (Å²) in [5.41, 5.74) is 0. The molecule has 2 aromatic carbocycles. The van der Waals surface area contributed by atoms with E-state index in [0.29, 0.717) is 20.1 Å². The summed E-state index contributed by atoms with van der Waals surface area (Å²) in [5.74, 6) is 0. The molecule has 0 aliphatic rings. The fourth-order valence-corrected chi connectivity index (χ4v) is 3.85. The third kappa shape index (κ3) is 3.89. The highest BCUT2D eigenvalue weighted by atomic mass is 35.5. The monoisotopic (exact) mass is 354 g/mol. The van der Waals surface area contributed by atoms with Gasteiger partial charge in [-0.3, -0.25) is 0 Å². The highest BCUT2D eigenvalue weighted by Gasteiger charge is 2.03. The first-order valence-corrected chi connectivity index (χ1v) is 8.47. The van der Waals surface area contributed by atoms with Gasteiger partial charge in [-0.05, 0) is 36.4 Å². The van der Waals surface area contributed by atoms with Crippen LogP contribution in [-0.4, -0.2) is 0 Å². The topological polar surface area (TPSA) is 0 Å². The predicted octanol–water partition coefficient (Wildman–Crippen LogP) is 7.10. The third-order valence-corrected chi connectivity index (χ3v) is 5.88. The molecule has 0 amide bonds. The van der Waals surface area contributed by atoms with Crippen molar-refractivity contribution in [2.24, 2.45) is 0 Å². The van der Waals surface area contributed by atoms with Gasteiger partial charge in [-0.15, -0.1) is 0 Å². The van der Waals surface area contributed by atoms with Crippen molar-refractivity contribution in [2.45, 2.75) is 9.79 Å². The number of rotatable bonds is 3. The Morgan fingerprint density at radius 2 is 0.944 bits per heavy atom. The number of hydrogen-bond donors (Lipinski definition) is 0. The quantitative estimate of drug-likeness (QED) is 0.538. The Kier molecular flexibility index (Phi) is 5.43. The Labute approximate surface area is 133 Å². The molecule has 0 N–H and O–H groups in total. The second kappa shape index (κ2) is 6.65. The molecule has 0 spiro atoms. The normalized spacial score (nSPS) is 10.7. The molecule has 0 aliphatic carbocycles. The van der Waals surface area contributed by atoms with Gasteiger partial charge in [0.05, 0.1) is 20.1 Å². The van der Waals surface area contributed by atoms with Gasteiger partial charge in [-0.1, -0.05) is 68.0 Å². The van der Waals surface area contributed by atoms with Crippen molar-refractivity contribution in [3.63, 3.8) is 0 Å². The van der Waals surface area contributed by atoms with Crippen molar-refractivity contribution in [1.29, 1.82) is 0 Å². The molecule has 0 bridgehead atoms. The predicted molar refractivity (Wildman–Crippen MR) is 84.6 cm³/mol. The molecule has 0 fully saturated rings. The van der Waals surface area contributed by atoms with Crippen LogP contribution in [0.1, 0.15) is 0 Å². The fourth-order valence-electron chi connectivity index (χ4n) is 1.15. The molecule has 2 aromatic rings. The molecule has 0 saturated heterocycles. The molecule has 0 aromatic heterocycles. The number of hydrogen-bond acceptors (Lipinski definition) is 2. The Balaban J connectivity index is 2.06. The molecule has 94 valence electrons. The summed E-state index contributed by atoms with van der Waals surface area (Å²) in [6.07, 6.45) is 0. The van der Waals surface area contributed by atoms with Crippen molar-refractivity contribution in [3.05, 3.63) is 56.5 Å². The molecule has 18 heavy (non-hydrogen) atoms. The van der Waals surface area contributed by atoms with Crippen LogP contribution in [0.5, 0.6) is 0 Å². The summed E-state index contributed by atoms with van der Waals surface area (Å²) in [4.78, 5) is 2.06. The lowest BCUT2D eigenvalue weighted by atomic mass is 10.4. The second-order valence-corrected chi connectivity index (χ2v) is 7.22. The van der Waals surface area contributed by atoms with Crippen LogP contribution in [0.2, 0.25) is 20.1 Å². The Morgan fingerprint density at radius 1 is 0.556 bits per heavy atom. The minimum Gasteiger partial charge on any atom is -0.0827 e. The van der Waals surface area contributed by atoms with Crippen molar-refractivity contribution in [3.8, 4) is 0 Å². The van der Waals surface area contributed by atoms with Crippen LogP contribution >= 0.6 is 68.0 Å². The maximum Gasteiger partial charge on any atom is 0.0603 e. The van der Waals surface area contributed by atoms with Gasteiger partial charge in [-0.2, -0.15) is 0 Å². The zero-order valence-electron chi connectivity index (χ0n) is 8.79. The van der Waals surface area contributed by atoms with Gasteiger partial charge in [0, 0.05) is 9.79 Å². The first kappa shape index (κ1) is 14.7. The molecule has 0 radical (unpaired) electrons. The van der Waals surface area contributed by atoms with E-state index < -0.39 is 0 Å². The fraction of sp³-hybridized carbons (Fsp3) is 0. The Morgan fingerprint density at radius 3 is 1.28 bits per heavy atom. The van der Waals surface area contributed by atoms with Gasteiger partial charge in [0.15, 0.2) is 0 Å². The lowest BCUT2D eigenvalue weighted by molar-refractivity contribution is 1.46. The third-order valence-electron chi connectivity index (χ3n) is 2.02. The Hall–Kier alpha value is 0.300. The second-order valence-electron chi connectivity index (χ2n) is 3.32. The van der Waals surface area contributed by atoms with E-state index in [0.717, 1.165) is 9.79 Å². The number of benzene rings is 2. The van der Waals surface area contributed by atoms with Gasteiger partial charge in [-0.25, -0.2) is 0 Å². The van der Waals surface area contributed by atoms with Crippen LogP contribution in [0.25, 0.3) is 0 Å². The van der Waals surface area contributed by atoms with E-state index >= 15 is 0 Å². The van der Waals surface area contributed by atoms with Gasteiger partial charge in [0.1, 0.15) is 0 Å². The summed E-state index contributed by atoms with van der Waals surface area (Å²) in [6.45, 7) is 0. The van der Waals surface area contributed by atoms with E-state index in [1.807, 2.05) is 24.3 Å². The largest absolute Gasteiger partial charge is 0.0827 e. The summed E-state index contributed by atoms with van der Waals surface area (Å²) >= 11 is 23.6. The first-order chi connectivity index (χ1) is 8.56. The van der Waals surface area contributed by atoms with Gasteiger partial charge < -0.3 is 0 Å². The summed E-state index contributed by atoms with van der Waals surface area (Å²) < 4.78 is 0. The maximum absolute atomic E-state index is 5.95. The molecule has 0 nitrogen and oxygen atoms in total. The molecular weight excluding hydrogens is 350 g/mol. The minimum atomic E-state index is 0.552. The highest BCUT2D eigenvalue weighted by Crippen LogP contribution is 2.40. The summed E-state index contributed by atoms with van der Waals surface area (Å²) in [5, 5.41) is 2.22. The van der Waals surface area contributed by atoms with Crippen molar-refractivity contribution >= 4 is 68.0 Å². The van der Waals surface area contributed by atoms with Crippen LogP contribution in [-0.2, 0) is 0 Å². The average molecular weight is 356 g/mol. The van der Waals surface area contributed by atoms with Crippen molar-refractivity contribution in [1.82, 2.24) is 0 Å². The molecule has 0 saturated carbocycles. The molecule has 0 aliphatic heterocycles. The summed E-state index contributed by atoms with van der Waals surface area (Å²) in [7, 11) is 3.17. The van der Waals surface area contributed by atoms with Crippen LogP contribution in [0.3, 0.4) is 0 Å². The lowest BCUT2D eigenvalue weighted by Crippen LogP contribution is -1.73. The Bertz CT molecular complexity index is 520. The van der Waals surface area contributed by atoms with Gasteiger partial charge in [0.25, 0.3) is 0 Å². The van der Waals surface area contributed by atoms with Gasteiger partial charge in [0.2, 0.25) is 0 Å². The van der Waals surface area contributed by atoms with Crippen molar-refractivity contribution in [2.75, 3.05) is 0 Å². The molecule has 0 unspecified atom stereocenters. The molecule has 0 heterocycles. The van der Waals surface area contributed by atoms with Crippen LogP contribution in [0, 0.1) is 0 Å². The van der Waals surface area contributed by atoms with E-state index in [1.165, 1.54) is 0 Å². The standard InChI is InChI=1S/C12H6Cl4S2/c13-9-3-1-7(5-11(9)15)17-18-8-2-4-10(14)12(16)6-8/h1-6H. The molecule has 2 rings (SSSR count). The van der Waals surface area contributed by atoms with E-state index in [1.54, 1.807) is 33.7 Å². The van der Waals surface area contributed by atoms with E-state index in [9.17, 15) is 0 Å². The highest BCUT2D eigenvalue weighted by molar-refractivity contribution is 8.76. The summed E-state index contributed by atoms with van der Waals surface area (Å²) in [6, 6.07) is 11.1. The van der Waals surface area contributed by atoms with Crippen LogP contribution in [0.15, 0.2) is 46.2 Å². The number of halogens is 4.